The second-order valence-corrected chi connectivity index (χ2v) is 5.74. The van der Waals surface area contributed by atoms with Gasteiger partial charge in [-0.2, -0.15) is 0 Å². The van der Waals surface area contributed by atoms with E-state index in [1.165, 1.54) is 12.1 Å². The van der Waals surface area contributed by atoms with Crippen LogP contribution in [0.25, 0.3) is 0 Å². The summed E-state index contributed by atoms with van der Waals surface area (Å²) in [5.74, 6) is -0.466. The zero-order valence-corrected chi connectivity index (χ0v) is 13.6. The third-order valence-electron chi connectivity index (χ3n) is 3.27. The molecule has 120 valence electrons. The molecule has 0 fully saturated rings. The van der Waals surface area contributed by atoms with Gasteiger partial charge in [-0.05, 0) is 36.8 Å². The molecule has 1 amide bonds. The Morgan fingerprint density at radius 3 is 2.57 bits per heavy atom. The molecule has 0 bridgehead atoms. The highest BCUT2D eigenvalue weighted by molar-refractivity contribution is 6.35. The van der Waals surface area contributed by atoms with Crippen LogP contribution >= 0.6 is 23.2 Å². The summed E-state index contributed by atoms with van der Waals surface area (Å²) in [6.07, 6.45) is 0. The Kier molecular flexibility index (Phi) is 5.08. The lowest BCUT2D eigenvalue weighted by molar-refractivity contribution is -0.383. The largest absolute Gasteiger partial charge is 0.393 e. The summed E-state index contributed by atoms with van der Waals surface area (Å²) in [4.78, 5) is 22.5. The smallest absolute Gasteiger partial charge is 0.292 e. The van der Waals surface area contributed by atoms with Crippen molar-refractivity contribution in [1.82, 2.24) is 5.32 Å². The van der Waals surface area contributed by atoms with Gasteiger partial charge in [-0.15, -0.1) is 0 Å². The molecule has 2 aromatic rings. The normalized spacial score (nSPS) is 11.8. The van der Waals surface area contributed by atoms with Gasteiger partial charge in [-0.25, -0.2) is 0 Å². The molecular weight excluding hydrogens is 341 g/mol. The van der Waals surface area contributed by atoms with Gasteiger partial charge in [0.25, 0.3) is 11.6 Å². The van der Waals surface area contributed by atoms with E-state index in [4.69, 9.17) is 28.9 Å². The molecule has 3 N–H and O–H groups in total. The summed E-state index contributed by atoms with van der Waals surface area (Å²) in [6.45, 7) is 1.75. The zero-order valence-electron chi connectivity index (χ0n) is 12.0. The topological polar surface area (TPSA) is 98.3 Å². The molecule has 0 heterocycles. The van der Waals surface area contributed by atoms with Crippen molar-refractivity contribution in [1.29, 1.82) is 0 Å². The number of carbonyl (C=O) groups is 1. The molecule has 0 saturated heterocycles. The van der Waals surface area contributed by atoms with Gasteiger partial charge in [0.1, 0.15) is 5.69 Å². The van der Waals surface area contributed by atoms with Crippen LogP contribution < -0.4 is 11.1 Å². The molecule has 8 heteroatoms. The number of carbonyl (C=O) groups excluding carboxylic acids is 1. The van der Waals surface area contributed by atoms with E-state index in [2.05, 4.69) is 5.32 Å². The third kappa shape index (κ3) is 3.91. The average molecular weight is 354 g/mol. The number of hydrogen-bond donors (Lipinski definition) is 2. The molecule has 2 aromatic carbocycles. The number of nitrogens with zero attached hydrogens (tertiary/aromatic N) is 1. The van der Waals surface area contributed by atoms with Crippen molar-refractivity contribution in [3.05, 3.63) is 67.7 Å². The lowest BCUT2D eigenvalue weighted by Gasteiger charge is -2.16. The van der Waals surface area contributed by atoms with Crippen molar-refractivity contribution < 1.29 is 9.72 Å². The number of nitrogens with one attached hydrogen (secondary N) is 1. The quantitative estimate of drug-likeness (QED) is 0.493. The van der Waals surface area contributed by atoms with Crippen molar-refractivity contribution in [2.45, 2.75) is 13.0 Å². The summed E-state index contributed by atoms with van der Waals surface area (Å²) in [5, 5.41) is 14.5. The maximum atomic E-state index is 12.2. The highest BCUT2D eigenvalue weighted by Crippen LogP contribution is 2.27. The lowest BCUT2D eigenvalue weighted by Crippen LogP contribution is -2.27. The zero-order chi connectivity index (χ0) is 17.1. The SMILES string of the molecule is CC(NC(=O)c1ccc(N)c([N+](=O)[O-])c1)c1ccc(Cl)cc1Cl. The summed E-state index contributed by atoms with van der Waals surface area (Å²) >= 11 is 11.9. The highest BCUT2D eigenvalue weighted by atomic mass is 35.5. The van der Waals surface area contributed by atoms with Gasteiger partial charge in [0.05, 0.1) is 11.0 Å². The Balaban J connectivity index is 2.21. The number of rotatable bonds is 4. The van der Waals surface area contributed by atoms with Crippen molar-refractivity contribution in [2.24, 2.45) is 0 Å². The fourth-order valence-electron chi connectivity index (χ4n) is 2.05. The predicted octanol–water partition coefficient (Wildman–Crippen LogP) is 3.97. The lowest BCUT2D eigenvalue weighted by atomic mass is 10.1. The number of nitrogen functional groups attached to an aromatic ring is 1. The van der Waals surface area contributed by atoms with E-state index < -0.39 is 16.9 Å². The Hall–Kier alpha value is -2.31. The van der Waals surface area contributed by atoms with Gasteiger partial charge < -0.3 is 11.1 Å². The highest BCUT2D eigenvalue weighted by Gasteiger charge is 2.18. The molecule has 0 radical (unpaired) electrons. The third-order valence-corrected chi connectivity index (χ3v) is 3.83. The fraction of sp³-hybridized carbons (Fsp3) is 0.133. The van der Waals surface area contributed by atoms with Crippen molar-refractivity contribution in [3.63, 3.8) is 0 Å². The first-order chi connectivity index (χ1) is 10.8. The number of anilines is 1. The first-order valence-corrected chi connectivity index (χ1v) is 7.35. The van der Waals surface area contributed by atoms with E-state index in [-0.39, 0.29) is 16.9 Å². The predicted molar refractivity (Wildman–Crippen MR) is 89.9 cm³/mol. The minimum Gasteiger partial charge on any atom is -0.393 e. The molecule has 0 saturated carbocycles. The number of benzene rings is 2. The van der Waals surface area contributed by atoms with E-state index in [0.717, 1.165) is 6.07 Å². The maximum Gasteiger partial charge on any atom is 0.292 e. The van der Waals surface area contributed by atoms with E-state index in [1.807, 2.05) is 0 Å². The summed E-state index contributed by atoms with van der Waals surface area (Å²) < 4.78 is 0. The fourth-order valence-corrected chi connectivity index (χ4v) is 2.63. The van der Waals surface area contributed by atoms with Gasteiger partial charge in [0.2, 0.25) is 0 Å². The molecule has 0 aliphatic carbocycles. The van der Waals surface area contributed by atoms with Gasteiger partial charge in [-0.3, -0.25) is 14.9 Å². The Labute approximate surface area is 142 Å². The molecule has 1 atom stereocenters. The van der Waals surface area contributed by atoms with E-state index in [9.17, 15) is 14.9 Å². The monoisotopic (exact) mass is 353 g/mol. The Morgan fingerprint density at radius 2 is 1.96 bits per heavy atom. The number of hydrogen-bond acceptors (Lipinski definition) is 4. The van der Waals surface area contributed by atoms with Crippen LogP contribution in [0.15, 0.2) is 36.4 Å². The van der Waals surface area contributed by atoms with Gasteiger partial charge in [-0.1, -0.05) is 29.3 Å². The number of amides is 1. The van der Waals surface area contributed by atoms with E-state index >= 15 is 0 Å². The molecule has 1 unspecified atom stereocenters. The van der Waals surface area contributed by atoms with Crippen molar-refractivity contribution >= 4 is 40.5 Å². The Bertz CT molecular complexity index is 781. The molecule has 0 aliphatic rings. The number of nitrogens with two attached hydrogens (primary N) is 1. The first-order valence-electron chi connectivity index (χ1n) is 6.59. The molecular formula is C15H13Cl2N3O3. The minimum absolute atomic E-state index is 0.000319. The van der Waals surface area contributed by atoms with Crippen LogP contribution in [-0.4, -0.2) is 10.8 Å². The molecule has 6 nitrogen and oxygen atoms in total. The number of halogens is 2. The molecule has 0 aromatic heterocycles. The van der Waals surface area contributed by atoms with Crippen LogP contribution in [0.3, 0.4) is 0 Å². The van der Waals surface area contributed by atoms with Crippen molar-refractivity contribution in [3.8, 4) is 0 Å². The second-order valence-electron chi connectivity index (χ2n) is 4.89. The Morgan fingerprint density at radius 1 is 1.26 bits per heavy atom. The molecule has 0 spiro atoms. The summed E-state index contributed by atoms with van der Waals surface area (Å²) in [7, 11) is 0. The summed E-state index contributed by atoms with van der Waals surface area (Å²) in [6, 6.07) is 8.45. The van der Waals surface area contributed by atoms with Crippen LogP contribution in [0.5, 0.6) is 0 Å². The van der Waals surface area contributed by atoms with Crippen molar-refractivity contribution in [2.75, 3.05) is 5.73 Å². The maximum absolute atomic E-state index is 12.2. The summed E-state index contributed by atoms with van der Waals surface area (Å²) in [5.41, 5.74) is 6.03. The van der Waals surface area contributed by atoms with Crippen LogP contribution in [0, 0.1) is 10.1 Å². The second kappa shape index (κ2) is 6.85. The van der Waals surface area contributed by atoms with E-state index in [0.29, 0.717) is 15.6 Å². The molecule has 2 rings (SSSR count). The van der Waals surface area contributed by atoms with Gasteiger partial charge in [0, 0.05) is 21.7 Å². The van der Waals surface area contributed by atoms with Gasteiger partial charge in [0.15, 0.2) is 0 Å². The van der Waals surface area contributed by atoms with Crippen LogP contribution in [0.2, 0.25) is 10.0 Å². The van der Waals surface area contributed by atoms with Crippen LogP contribution in [0.1, 0.15) is 28.9 Å². The molecule has 0 aliphatic heterocycles. The standard InChI is InChI=1S/C15H13Cl2N3O3/c1-8(11-4-3-10(16)7-12(11)17)19-15(21)9-2-5-13(18)14(6-9)20(22)23/h2-8H,18H2,1H3,(H,19,21). The number of nitro groups is 1. The van der Waals surface area contributed by atoms with Gasteiger partial charge >= 0.3 is 0 Å². The number of nitro benzene ring substituents is 1. The minimum atomic E-state index is -0.633. The van der Waals surface area contributed by atoms with Crippen LogP contribution in [-0.2, 0) is 0 Å². The first kappa shape index (κ1) is 17.1. The van der Waals surface area contributed by atoms with E-state index in [1.54, 1.807) is 25.1 Å². The molecule has 23 heavy (non-hydrogen) atoms. The average Bonchev–Trinajstić information content (AvgIpc) is 2.46. The van der Waals surface area contributed by atoms with Crippen LogP contribution in [0.4, 0.5) is 11.4 Å².